The highest BCUT2D eigenvalue weighted by atomic mass is 16.5. The predicted molar refractivity (Wildman–Crippen MR) is 76.5 cm³/mol. The molecule has 1 aromatic rings. The summed E-state index contributed by atoms with van der Waals surface area (Å²) in [5.74, 6) is 1.80. The first kappa shape index (κ1) is 15.1. The number of hydrogen-bond donors (Lipinski definition) is 1. The molecule has 0 saturated carbocycles. The quantitative estimate of drug-likeness (QED) is 0.736. The molecule has 0 bridgehead atoms. The molecule has 1 heterocycles. The molecule has 1 aliphatic rings. The summed E-state index contributed by atoms with van der Waals surface area (Å²) in [7, 11) is 3.35. The molecule has 1 atom stereocenters. The lowest BCUT2D eigenvalue weighted by Gasteiger charge is -2.27. The number of benzene rings is 1. The zero-order chi connectivity index (χ0) is 14.2. The van der Waals surface area contributed by atoms with Crippen LogP contribution in [-0.2, 0) is 9.47 Å². The Balaban J connectivity index is 1.84. The van der Waals surface area contributed by atoms with Crippen LogP contribution in [0.25, 0.3) is 0 Å². The highest BCUT2D eigenvalue weighted by Gasteiger charge is 2.21. The van der Waals surface area contributed by atoms with Crippen molar-refractivity contribution in [2.75, 3.05) is 47.2 Å². The molecular formula is C15H23NO4. The number of fused-ring (bicyclic) bond motifs is 1. The highest BCUT2D eigenvalue weighted by Crippen LogP contribution is 2.34. The van der Waals surface area contributed by atoms with Crippen molar-refractivity contribution in [2.45, 2.75) is 12.5 Å². The Labute approximate surface area is 120 Å². The van der Waals surface area contributed by atoms with Crippen molar-refractivity contribution >= 4 is 0 Å². The van der Waals surface area contributed by atoms with Gasteiger partial charge in [0, 0.05) is 31.7 Å². The van der Waals surface area contributed by atoms with Crippen LogP contribution in [0.5, 0.6) is 11.5 Å². The summed E-state index contributed by atoms with van der Waals surface area (Å²) in [6.07, 6.45) is 0.957. The largest absolute Gasteiger partial charge is 0.497 e. The van der Waals surface area contributed by atoms with E-state index in [1.54, 1.807) is 14.2 Å². The molecule has 0 radical (unpaired) electrons. The molecule has 0 aromatic heterocycles. The lowest BCUT2D eigenvalue weighted by Crippen LogP contribution is -2.30. The molecule has 2 rings (SSSR count). The van der Waals surface area contributed by atoms with Crippen LogP contribution in [0.15, 0.2) is 18.2 Å². The van der Waals surface area contributed by atoms with Gasteiger partial charge in [0.1, 0.15) is 11.5 Å². The van der Waals surface area contributed by atoms with Gasteiger partial charge in [-0.15, -0.1) is 0 Å². The smallest absolute Gasteiger partial charge is 0.124 e. The maximum Gasteiger partial charge on any atom is 0.124 e. The standard InChI is InChI=1S/C15H23NO4/c1-17-9-10-19-8-6-16-14-5-7-20-15-4-3-12(18-2)11-13(14)15/h3-4,11,14,16H,5-10H2,1-2H3. The lowest BCUT2D eigenvalue weighted by atomic mass is 10.0. The summed E-state index contributed by atoms with van der Waals surface area (Å²) in [5.41, 5.74) is 1.16. The van der Waals surface area contributed by atoms with Gasteiger partial charge in [-0.25, -0.2) is 0 Å². The maximum absolute atomic E-state index is 5.67. The lowest BCUT2D eigenvalue weighted by molar-refractivity contribution is 0.0704. The van der Waals surface area contributed by atoms with E-state index in [-0.39, 0.29) is 0 Å². The second-order valence-corrected chi connectivity index (χ2v) is 4.65. The van der Waals surface area contributed by atoms with Gasteiger partial charge in [-0.2, -0.15) is 0 Å². The van der Waals surface area contributed by atoms with Crippen LogP contribution in [0.3, 0.4) is 0 Å². The van der Waals surface area contributed by atoms with Crippen molar-refractivity contribution in [1.29, 1.82) is 0 Å². The third-order valence-electron chi connectivity index (χ3n) is 3.33. The van der Waals surface area contributed by atoms with E-state index in [1.165, 1.54) is 0 Å². The van der Waals surface area contributed by atoms with Crippen LogP contribution in [-0.4, -0.2) is 47.2 Å². The average molecular weight is 281 g/mol. The van der Waals surface area contributed by atoms with E-state index in [2.05, 4.69) is 5.32 Å². The molecular weight excluding hydrogens is 258 g/mol. The molecule has 112 valence electrons. The first-order valence-electron chi connectivity index (χ1n) is 6.96. The summed E-state index contributed by atoms with van der Waals surface area (Å²) < 4.78 is 21.3. The van der Waals surface area contributed by atoms with Crippen LogP contribution in [0, 0.1) is 0 Å². The first-order chi connectivity index (χ1) is 9.85. The fourth-order valence-electron chi connectivity index (χ4n) is 2.26. The molecule has 1 unspecified atom stereocenters. The van der Waals surface area contributed by atoms with E-state index in [0.29, 0.717) is 25.9 Å². The number of rotatable bonds is 8. The summed E-state index contributed by atoms with van der Waals surface area (Å²) in [5, 5.41) is 3.50. The Morgan fingerprint density at radius 3 is 2.95 bits per heavy atom. The predicted octanol–water partition coefficient (Wildman–Crippen LogP) is 1.77. The Morgan fingerprint density at radius 1 is 1.25 bits per heavy atom. The SMILES string of the molecule is COCCOCCNC1CCOc2ccc(OC)cc21. The molecule has 20 heavy (non-hydrogen) atoms. The minimum absolute atomic E-state index is 0.292. The van der Waals surface area contributed by atoms with Crippen LogP contribution in [0.1, 0.15) is 18.0 Å². The number of methoxy groups -OCH3 is 2. The summed E-state index contributed by atoms with van der Waals surface area (Å²) in [6, 6.07) is 6.23. The normalized spacial score (nSPS) is 17.4. The minimum atomic E-state index is 0.292. The molecule has 0 fully saturated rings. The highest BCUT2D eigenvalue weighted by molar-refractivity contribution is 5.43. The molecule has 0 amide bonds. The second kappa shape index (κ2) is 8.09. The molecule has 1 aromatic carbocycles. The summed E-state index contributed by atoms with van der Waals surface area (Å²) in [6.45, 7) is 3.50. The van der Waals surface area contributed by atoms with Gasteiger partial charge in [0.05, 0.1) is 33.5 Å². The minimum Gasteiger partial charge on any atom is -0.497 e. The number of nitrogens with one attached hydrogen (secondary N) is 1. The van der Waals surface area contributed by atoms with Gasteiger partial charge in [0.2, 0.25) is 0 Å². The van der Waals surface area contributed by atoms with E-state index in [0.717, 1.165) is 36.6 Å². The van der Waals surface area contributed by atoms with Gasteiger partial charge in [0.15, 0.2) is 0 Å². The fourth-order valence-corrected chi connectivity index (χ4v) is 2.26. The van der Waals surface area contributed by atoms with Crippen molar-refractivity contribution in [3.8, 4) is 11.5 Å². The van der Waals surface area contributed by atoms with Gasteiger partial charge in [-0.3, -0.25) is 0 Å². The molecule has 1 N–H and O–H groups in total. The molecule has 0 saturated heterocycles. The van der Waals surface area contributed by atoms with Gasteiger partial charge in [-0.1, -0.05) is 0 Å². The van der Waals surface area contributed by atoms with E-state index in [4.69, 9.17) is 18.9 Å². The van der Waals surface area contributed by atoms with Crippen molar-refractivity contribution in [3.05, 3.63) is 23.8 Å². The van der Waals surface area contributed by atoms with E-state index in [1.807, 2.05) is 18.2 Å². The van der Waals surface area contributed by atoms with Crippen molar-refractivity contribution < 1.29 is 18.9 Å². The number of hydrogen-bond acceptors (Lipinski definition) is 5. The van der Waals surface area contributed by atoms with Crippen LogP contribution >= 0.6 is 0 Å². The van der Waals surface area contributed by atoms with Crippen LogP contribution in [0.2, 0.25) is 0 Å². The fraction of sp³-hybridized carbons (Fsp3) is 0.600. The summed E-state index contributed by atoms with van der Waals surface area (Å²) in [4.78, 5) is 0. The third kappa shape index (κ3) is 4.10. The molecule has 5 nitrogen and oxygen atoms in total. The second-order valence-electron chi connectivity index (χ2n) is 4.65. The molecule has 0 spiro atoms. The zero-order valence-electron chi connectivity index (χ0n) is 12.2. The van der Waals surface area contributed by atoms with E-state index < -0.39 is 0 Å². The first-order valence-corrected chi connectivity index (χ1v) is 6.96. The molecule has 5 heteroatoms. The van der Waals surface area contributed by atoms with Crippen molar-refractivity contribution in [1.82, 2.24) is 5.32 Å². The van der Waals surface area contributed by atoms with Gasteiger partial charge >= 0.3 is 0 Å². The maximum atomic E-state index is 5.67. The van der Waals surface area contributed by atoms with E-state index >= 15 is 0 Å². The Hall–Kier alpha value is -1.30. The van der Waals surface area contributed by atoms with Crippen molar-refractivity contribution in [2.24, 2.45) is 0 Å². The topological polar surface area (TPSA) is 49.0 Å². The van der Waals surface area contributed by atoms with Gasteiger partial charge < -0.3 is 24.3 Å². The van der Waals surface area contributed by atoms with Gasteiger partial charge in [0.25, 0.3) is 0 Å². The summed E-state index contributed by atoms with van der Waals surface area (Å²) >= 11 is 0. The van der Waals surface area contributed by atoms with E-state index in [9.17, 15) is 0 Å². The molecule has 1 aliphatic heterocycles. The number of ether oxygens (including phenoxy) is 4. The zero-order valence-corrected chi connectivity index (χ0v) is 12.2. The van der Waals surface area contributed by atoms with Crippen LogP contribution < -0.4 is 14.8 Å². The third-order valence-corrected chi connectivity index (χ3v) is 3.33. The Morgan fingerprint density at radius 2 is 2.15 bits per heavy atom. The monoisotopic (exact) mass is 281 g/mol. The Bertz CT molecular complexity index is 411. The van der Waals surface area contributed by atoms with Gasteiger partial charge in [-0.05, 0) is 18.2 Å². The Kier molecular flexibility index (Phi) is 6.11. The van der Waals surface area contributed by atoms with Crippen molar-refractivity contribution in [3.63, 3.8) is 0 Å². The van der Waals surface area contributed by atoms with Crippen LogP contribution in [0.4, 0.5) is 0 Å². The molecule has 0 aliphatic carbocycles. The average Bonchev–Trinajstić information content (AvgIpc) is 2.50.